The lowest BCUT2D eigenvalue weighted by Crippen LogP contribution is -2.27. The number of nitrogens with zero attached hydrogens (tertiary/aromatic N) is 2. The molecule has 0 saturated carbocycles. The van der Waals surface area contributed by atoms with Crippen LogP contribution in [0.2, 0.25) is 0 Å². The second-order valence-corrected chi connectivity index (χ2v) is 4.05. The van der Waals surface area contributed by atoms with Crippen LogP contribution in [0.25, 0.3) is 0 Å². The maximum absolute atomic E-state index is 11.3. The zero-order chi connectivity index (χ0) is 10.8. The maximum Gasteiger partial charge on any atom is 0.413 e. The molecule has 1 N–H and O–H groups in total. The first-order chi connectivity index (χ1) is 6.37. The van der Waals surface area contributed by atoms with E-state index in [1.54, 1.807) is 17.1 Å². The van der Waals surface area contributed by atoms with Crippen LogP contribution in [0, 0.1) is 0 Å². The van der Waals surface area contributed by atoms with Gasteiger partial charge in [-0.3, -0.25) is 5.32 Å². The van der Waals surface area contributed by atoms with Crippen molar-refractivity contribution in [3.63, 3.8) is 0 Å². The number of amides is 1. The number of rotatable bonds is 1. The van der Waals surface area contributed by atoms with Crippen molar-refractivity contribution in [2.45, 2.75) is 26.4 Å². The number of carbonyl (C=O) groups excluding carboxylic acids is 1. The second kappa shape index (κ2) is 3.69. The fraction of sp³-hybridized carbons (Fsp3) is 0.556. The molecule has 0 unspecified atom stereocenters. The quantitative estimate of drug-likeness (QED) is 0.746. The Morgan fingerprint density at radius 2 is 2.21 bits per heavy atom. The zero-order valence-electron chi connectivity index (χ0n) is 8.87. The Morgan fingerprint density at radius 3 is 2.64 bits per heavy atom. The van der Waals surface area contributed by atoms with E-state index in [-0.39, 0.29) is 0 Å². The summed E-state index contributed by atoms with van der Waals surface area (Å²) in [5.41, 5.74) is -0.487. The standard InChI is InChI=1S/C9H15N3O2/c1-9(2,3)14-8(13)11-7-5-12(4)6-10-7/h5-6H,1-4H3,(H,11,13). The number of hydrogen-bond donors (Lipinski definition) is 1. The van der Waals surface area contributed by atoms with Crippen LogP contribution in [0.5, 0.6) is 0 Å². The molecule has 0 bridgehead atoms. The Kier molecular flexibility index (Phi) is 2.78. The lowest BCUT2D eigenvalue weighted by molar-refractivity contribution is 0.0635. The van der Waals surface area contributed by atoms with Crippen molar-refractivity contribution in [2.75, 3.05) is 5.32 Å². The number of nitrogens with one attached hydrogen (secondary N) is 1. The van der Waals surface area contributed by atoms with Gasteiger partial charge in [0.05, 0.1) is 6.33 Å². The number of anilines is 1. The molecule has 1 rings (SSSR count). The average molecular weight is 197 g/mol. The van der Waals surface area contributed by atoms with Gasteiger partial charge in [-0.2, -0.15) is 0 Å². The van der Waals surface area contributed by atoms with Crippen molar-refractivity contribution in [3.05, 3.63) is 12.5 Å². The monoisotopic (exact) mass is 197 g/mol. The van der Waals surface area contributed by atoms with E-state index in [4.69, 9.17) is 4.74 Å². The van der Waals surface area contributed by atoms with Crippen molar-refractivity contribution in [3.8, 4) is 0 Å². The molecular formula is C9H15N3O2. The summed E-state index contributed by atoms with van der Waals surface area (Å²) >= 11 is 0. The second-order valence-electron chi connectivity index (χ2n) is 4.05. The molecular weight excluding hydrogens is 182 g/mol. The molecule has 1 heterocycles. The van der Waals surface area contributed by atoms with Crippen LogP contribution in [-0.2, 0) is 11.8 Å². The van der Waals surface area contributed by atoms with Crippen LogP contribution in [0.4, 0.5) is 10.6 Å². The van der Waals surface area contributed by atoms with Gasteiger partial charge in [0.2, 0.25) is 0 Å². The highest BCUT2D eigenvalue weighted by atomic mass is 16.6. The molecule has 0 spiro atoms. The molecule has 1 amide bonds. The van der Waals surface area contributed by atoms with E-state index >= 15 is 0 Å². The van der Waals surface area contributed by atoms with Crippen LogP contribution in [-0.4, -0.2) is 21.2 Å². The van der Waals surface area contributed by atoms with Gasteiger partial charge in [0.15, 0.2) is 5.82 Å². The van der Waals surface area contributed by atoms with Crippen molar-refractivity contribution in [1.82, 2.24) is 9.55 Å². The fourth-order valence-electron chi connectivity index (χ4n) is 0.886. The topological polar surface area (TPSA) is 56.2 Å². The Hall–Kier alpha value is -1.52. The highest BCUT2D eigenvalue weighted by Gasteiger charge is 2.16. The number of aryl methyl sites for hydroxylation is 1. The minimum Gasteiger partial charge on any atom is -0.444 e. The van der Waals surface area contributed by atoms with E-state index in [2.05, 4.69) is 10.3 Å². The highest BCUT2D eigenvalue weighted by Crippen LogP contribution is 2.09. The molecule has 14 heavy (non-hydrogen) atoms. The van der Waals surface area contributed by atoms with Crippen LogP contribution in [0.3, 0.4) is 0 Å². The third-order valence-corrected chi connectivity index (χ3v) is 1.33. The number of aromatic nitrogens is 2. The summed E-state index contributed by atoms with van der Waals surface area (Å²) in [4.78, 5) is 15.2. The molecule has 0 aliphatic carbocycles. The van der Waals surface area contributed by atoms with Crippen molar-refractivity contribution >= 4 is 11.9 Å². The minimum atomic E-state index is -0.490. The van der Waals surface area contributed by atoms with Gasteiger partial charge in [-0.25, -0.2) is 9.78 Å². The van der Waals surface area contributed by atoms with Gasteiger partial charge in [0.25, 0.3) is 0 Å². The van der Waals surface area contributed by atoms with Crippen LogP contribution in [0.1, 0.15) is 20.8 Å². The lowest BCUT2D eigenvalue weighted by Gasteiger charge is -2.18. The zero-order valence-corrected chi connectivity index (χ0v) is 8.87. The van der Waals surface area contributed by atoms with Crippen LogP contribution in [0.15, 0.2) is 12.5 Å². The molecule has 5 nitrogen and oxygen atoms in total. The number of imidazole rings is 1. The largest absolute Gasteiger partial charge is 0.444 e. The van der Waals surface area contributed by atoms with E-state index in [1.165, 1.54) is 0 Å². The molecule has 1 aromatic heterocycles. The highest BCUT2D eigenvalue weighted by molar-refractivity contribution is 5.83. The Bertz CT molecular complexity index is 325. The molecule has 78 valence electrons. The van der Waals surface area contributed by atoms with Gasteiger partial charge in [-0.05, 0) is 20.8 Å². The number of ether oxygens (including phenoxy) is 1. The normalized spacial score (nSPS) is 11.1. The predicted molar refractivity (Wildman–Crippen MR) is 53.1 cm³/mol. The van der Waals surface area contributed by atoms with Crippen LogP contribution < -0.4 is 5.32 Å². The first-order valence-corrected chi connectivity index (χ1v) is 4.35. The fourth-order valence-corrected chi connectivity index (χ4v) is 0.886. The summed E-state index contributed by atoms with van der Waals surface area (Å²) in [6, 6.07) is 0. The minimum absolute atomic E-state index is 0.487. The lowest BCUT2D eigenvalue weighted by atomic mass is 10.2. The van der Waals surface area contributed by atoms with E-state index < -0.39 is 11.7 Å². The van der Waals surface area contributed by atoms with E-state index in [9.17, 15) is 4.79 Å². The third-order valence-electron chi connectivity index (χ3n) is 1.33. The van der Waals surface area contributed by atoms with Gasteiger partial charge in [0.1, 0.15) is 5.60 Å². The van der Waals surface area contributed by atoms with E-state index in [0.29, 0.717) is 5.82 Å². The van der Waals surface area contributed by atoms with E-state index in [0.717, 1.165) is 0 Å². The van der Waals surface area contributed by atoms with E-state index in [1.807, 2.05) is 27.8 Å². The smallest absolute Gasteiger partial charge is 0.413 e. The first kappa shape index (κ1) is 10.6. The van der Waals surface area contributed by atoms with Gasteiger partial charge in [0, 0.05) is 13.2 Å². The molecule has 0 atom stereocenters. The van der Waals surface area contributed by atoms with Crippen molar-refractivity contribution in [2.24, 2.45) is 7.05 Å². The van der Waals surface area contributed by atoms with Gasteiger partial charge in [-0.1, -0.05) is 0 Å². The van der Waals surface area contributed by atoms with Gasteiger partial charge >= 0.3 is 6.09 Å². The first-order valence-electron chi connectivity index (χ1n) is 4.35. The molecule has 0 radical (unpaired) electrons. The summed E-state index contributed by atoms with van der Waals surface area (Å²) in [5, 5.41) is 2.53. The Morgan fingerprint density at radius 1 is 1.57 bits per heavy atom. The summed E-state index contributed by atoms with van der Waals surface area (Å²) in [5.74, 6) is 0.488. The molecule has 0 aliphatic heterocycles. The third kappa shape index (κ3) is 3.47. The Labute approximate surface area is 83.1 Å². The van der Waals surface area contributed by atoms with Gasteiger partial charge < -0.3 is 9.30 Å². The van der Waals surface area contributed by atoms with Crippen molar-refractivity contribution < 1.29 is 9.53 Å². The summed E-state index contributed by atoms with van der Waals surface area (Å²) in [6.45, 7) is 5.43. The molecule has 0 aliphatic rings. The average Bonchev–Trinajstić information content (AvgIpc) is 2.30. The van der Waals surface area contributed by atoms with Gasteiger partial charge in [-0.15, -0.1) is 0 Å². The summed E-state index contributed by atoms with van der Waals surface area (Å²) < 4.78 is 6.79. The molecule has 1 aromatic rings. The number of carbonyl (C=O) groups is 1. The summed E-state index contributed by atoms with van der Waals surface area (Å²) in [7, 11) is 1.83. The predicted octanol–water partition coefficient (Wildman–Crippen LogP) is 1.77. The van der Waals surface area contributed by atoms with Crippen molar-refractivity contribution in [1.29, 1.82) is 0 Å². The number of hydrogen-bond acceptors (Lipinski definition) is 3. The maximum atomic E-state index is 11.3. The Balaban J connectivity index is 2.50. The summed E-state index contributed by atoms with van der Waals surface area (Å²) in [6.07, 6.45) is 2.81. The molecule has 0 fully saturated rings. The molecule has 0 saturated heterocycles. The SMILES string of the molecule is Cn1cnc(NC(=O)OC(C)(C)C)c1. The van der Waals surface area contributed by atoms with Crippen LogP contribution >= 0.6 is 0 Å². The molecule has 5 heteroatoms. The molecule has 0 aromatic carbocycles.